The van der Waals surface area contributed by atoms with Crippen LogP contribution in [0.4, 0.5) is 0 Å². The maximum absolute atomic E-state index is 11.9. The molecule has 1 rings (SSSR count). The van der Waals surface area contributed by atoms with E-state index in [-0.39, 0.29) is 29.7 Å². The van der Waals surface area contributed by atoms with Gasteiger partial charge in [0.1, 0.15) is 0 Å². The average molecular weight is 336 g/mol. The van der Waals surface area contributed by atoms with Gasteiger partial charge in [0.2, 0.25) is 5.91 Å². The zero-order chi connectivity index (χ0) is 18.4. The van der Waals surface area contributed by atoms with Gasteiger partial charge < -0.3 is 5.32 Å². The van der Waals surface area contributed by atoms with Crippen molar-refractivity contribution in [3.8, 4) is 0 Å². The summed E-state index contributed by atoms with van der Waals surface area (Å²) in [5, 5.41) is 2.78. The van der Waals surface area contributed by atoms with Gasteiger partial charge in [0.05, 0.1) is 0 Å². The molecule has 1 heterocycles. The van der Waals surface area contributed by atoms with Gasteiger partial charge in [-0.15, -0.1) is 0 Å². The number of hydrogen-bond donors (Lipinski definition) is 1. The number of carbonyl (C=O) groups is 3. The summed E-state index contributed by atoms with van der Waals surface area (Å²) in [4.78, 5) is 35.8. The van der Waals surface area contributed by atoms with Crippen LogP contribution >= 0.6 is 0 Å². The fraction of sp³-hybridized carbons (Fsp3) is 0.737. The molecule has 136 valence electrons. The number of rotatable bonds is 9. The summed E-state index contributed by atoms with van der Waals surface area (Å²) < 4.78 is 0. The van der Waals surface area contributed by atoms with Crippen LogP contribution in [-0.4, -0.2) is 35.7 Å². The highest BCUT2D eigenvalue weighted by Gasteiger charge is 2.23. The standard InChI is InChI=1S/C19H32N2O3/c1-18(2,3)11-12-19(4,5)10-6-7-15(22)20-13-14-21-16(23)8-9-17(21)24/h8-9H,6-7,10-14H2,1-5H3,(H,20,22). The molecule has 24 heavy (non-hydrogen) atoms. The maximum atomic E-state index is 11.9. The highest BCUT2D eigenvalue weighted by Crippen LogP contribution is 2.34. The number of carbonyl (C=O) groups excluding carboxylic acids is 3. The molecule has 0 spiro atoms. The van der Waals surface area contributed by atoms with E-state index in [0.717, 1.165) is 24.2 Å². The molecule has 0 bridgehead atoms. The van der Waals surface area contributed by atoms with Crippen molar-refractivity contribution in [3.63, 3.8) is 0 Å². The molecule has 3 amide bonds. The highest BCUT2D eigenvalue weighted by molar-refractivity contribution is 6.12. The molecule has 0 unspecified atom stereocenters. The number of hydrogen-bond acceptors (Lipinski definition) is 3. The van der Waals surface area contributed by atoms with E-state index in [1.807, 2.05) is 0 Å². The van der Waals surface area contributed by atoms with Gasteiger partial charge in [0, 0.05) is 31.7 Å². The fourth-order valence-electron chi connectivity index (χ4n) is 2.61. The largest absolute Gasteiger partial charge is 0.354 e. The Bertz CT molecular complexity index is 483. The topological polar surface area (TPSA) is 66.5 Å². The van der Waals surface area contributed by atoms with Crippen molar-refractivity contribution in [1.82, 2.24) is 10.2 Å². The van der Waals surface area contributed by atoms with Crippen molar-refractivity contribution in [2.75, 3.05) is 13.1 Å². The second-order valence-electron chi connectivity index (χ2n) is 8.59. The minimum absolute atomic E-state index is 0.0197. The van der Waals surface area contributed by atoms with Gasteiger partial charge in [-0.1, -0.05) is 34.6 Å². The molecule has 0 aliphatic carbocycles. The van der Waals surface area contributed by atoms with Gasteiger partial charge in [-0.05, 0) is 36.5 Å². The van der Waals surface area contributed by atoms with E-state index in [0.29, 0.717) is 18.4 Å². The maximum Gasteiger partial charge on any atom is 0.253 e. The highest BCUT2D eigenvalue weighted by atomic mass is 16.2. The van der Waals surface area contributed by atoms with Gasteiger partial charge in [-0.3, -0.25) is 19.3 Å². The van der Waals surface area contributed by atoms with E-state index >= 15 is 0 Å². The van der Waals surface area contributed by atoms with Crippen LogP contribution in [0.25, 0.3) is 0 Å². The van der Waals surface area contributed by atoms with E-state index in [9.17, 15) is 14.4 Å². The lowest BCUT2D eigenvalue weighted by molar-refractivity contribution is -0.137. The van der Waals surface area contributed by atoms with Crippen LogP contribution in [0.15, 0.2) is 12.2 Å². The molecule has 1 N–H and O–H groups in total. The van der Waals surface area contributed by atoms with Crippen molar-refractivity contribution in [3.05, 3.63) is 12.2 Å². The Morgan fingerprint density at radius 2 is 1.58 bits per heavy atom. The molecule has 0 aromatic heterocycles. The lowest BCUT2D eigenvalue weighted by Gasteiger charge is -2.29. The summed E-state index contributed by atoms with van der Waals surface area (Å²) in [6.07, 6.45) is 7.20. The molecule has 0 radical (unpaired) electrons. The van der Waals surface area contributed by atoms with E-state index in [1.54, 1.807) is 0 Å². The summed E-state index contributed by atoms with van der Waals surface area (Å²) >= 11 is 0. The number of amides is 3. The monoisotopic (exact) mass is 336 g/mol. The van der Waals surface area contributed by atoms with Crippen molar-refractivity contribution in [2.24, 2.45) is 10.8 Å². The predicted molar refractivity (Wildman–Crippen MR) is 95.2 cm³/mol. The summed E-state index contributed by atoms with van der Waals surface area (Å²) in [5.41, 5.74) is 0.585. The molecule has 0 aromatic rings. The van der Waals surface area contributed by atoms with Crippen molar-refractivity contribution >= 4 is 17.7 Å². The van der Waals surface area contributed by atoms with E-state index in [1.165, 1.54) is 18.6 Å². The first kappa shape index (κ1) is 20.4. The third-order valence-corrected chi connectivity index (χ3v) is 4.37. The molecule has 0 fully saturated rings. The first-order valence-corrected chi connectivity index (χ1v) is 8.80. The third kappa shape index (κ3) is 7.75. The van der Waals surface area contributed by atoms with Crippen molar-refractivity contribution < 1.29 is 14.4 Å². The first-order chi connectivity index (χ1) is 11.0. The van der Waals surface area contributed by atoms with E-state index in [2.05, 4.69) is 39.9 Å². The predicted octanol–water partition coefficient (Wildman–Crippen LogP) is 3.05. The molecule has 0 saturated heterocycles. The Kier molecular flexibility index (Phi) is 7.18. The number of imide groups is 1. The van der Waals surface area contributed by atoms with Crippen LogP contribution < -0.4 is 5.32 Å². The number of nitrogens with one attached hydrogen (secondary N) is 1. The zero-order valence-corrected chi connectivity index (χ0v) is 15.8. The van der Waals surface area contributed by atoms with Gasteiger partial charge in [-0.25, -0.2) is 0 Å². The van der Waals surface area contributed by atoms with Crippen LogP contribution in [-0.2, 0) is 14.4 Å². The fourth-order valence-corrected chi connectivity index (χ4v) is 2.61. The minimum atomic E-state index is -0.310. The Hall–Kier alpha value is -1.65. The Balaban J connectivity index is 2.17. The zero-order valence-electron chi connectivity index (χ0n) is 15.8. The SMILES string of the molecule is CC(C)(C)CCC(C)(C)CCCC(=O)NCCN1C(=O)C=CC1=O. The molecule has 0 atom stereocenters. The summed E-state index contributed by atoms with van der Waals surface area (Å²) in [6.45, 7) is 11.8. The van der Waals surface area contributed by atoms with Crippen LogP contribution in [0, 0.1) is 10.8 Å². The van der Waals surface area contributed by atoms with Gasteiger partial charge in [0.15, 0.2) is 0 Å². The van der Waals surface area contributed by atoms with Gasteiger partial charge in [0.25, 0.3) is 11.8 Å². The minimum Gasteiger partial charge on any atom is -0.354 e. The summed E-state index contributed by atoms with van der Waals surface area (Å²) in [5.74, 6) is -0.640. The summed E-state index contributed by atoms with van der Waals surface area (Å²) in [6, 6.07) is 0. The molecule has 0 aromatic carbocycles. The van der Waals surface area contributed by atoms with Gasteiger partial charge >= 0.3 is 0 Å². The molecular weight excluding hydrogens is 304 g/mol. The first-order valence-electron chi connectivity index (χ1n) is 8.80. The van der Waals surface area contributed by atoms with Crippen LogP contribution in [0.2, 0.25) is 0 Å². The smallest absolute Gasteiger partial charge is 0.253 e. The second-order valence-corrected chi connectivity index (χ2v) is 8.59. The lowest BCUT2D eigenvalue weighted by atomic mass is 9.77. The van der Waals surface area contributed by atoms with Crippen molar-refractivity contribution in [2.45, 2.75) is 66.7 Å². The van der Waals surface area contributed by atoms with Crippen molar-refractivity contribution in [1.29, 1.82) is 0 Å². The summed E-state index contributed by atoms with van der Waals surface area (Å²) in [7, 11) is 0. The van der Waals surface area contributed by atoms with E-state index in [4.69, 9.17) is 0 Å². The third-order valence-electron chi connectivity index (χ3n) is 4.37. The molecule has 5 heteroatoms. The Labute approximate surface area is 145 Å². The molecule has 1 aliphatic heterocycles. The average Bonchev–Trinajstić information content (AvgIpc) is 2.76. The molecular formula is C19H32N2O3. The number of nitrogens with zero attached hydrogens (tertiary/aromatic N) is 1. The van der Waals surface area contributed by atoms with Crippen LogP contribution in [0.3, 0.4) is 0 Å². The molecule has 1 aliphatic rings. The van der Waals surface area contributed by atoms with Crippen LogP contribution in [0.5, 0.6) is 0 Å². The van der Waals surface area contributed by atoms with Crippen LogP contribution in [0.1, 0.15) is 66.7 Å². The lowest BCUT2D eigenvalue weighted by Crippen LogP contribution is -2.38. The Morgan fingerprint density at radius 1 is 1.00 bits per heavy atom. The quantitative estimate of drug-likeness (QED) is 0.658. The van der Waals surface area contributed by atoms with Gasteiger partial charge in [-0.2, -0.15) is 0 Å². The Morgan fingerprint density at radius 3 is 2.12 bits per heavy atom. The second kappa shape index (κ2) is 8.45. The van der Waals surface area contributed by atoms with E-state index < -0.39 is 0 Å². The normalized spacial score (nSPS) is 15.3. The molecule has 0 saturated carbocycles. The molecule has 5 nitrogen and oxygen atoms in total.